The maximum Gasteiger partial charge on any atom is 0.296 e. The number of imidazole rings is 1. The van der Waals surface area contributed by atoms with Crippen LogP contribution in [0, 0.1) is 5.92 Å². The fraction of sp³-hybridized carbons (Fsp3) is 0.560. The molecule has 12 heteroatoms. The number of aromatic nitrogens is 4. The van der Waals surface area contributed by atoms with Crippen LogP contribution in [-0.4, -0.2) is 94.3 Å². The van der Waals surface area contributed by atoms with Crippen LogP contribution in [0.1, 0.15) is 25.1 Å². The number of morpholine rings is 1. The van der Waals surface area contributed by atoms with Crippen LogP contribution in [0.4, 0.5) is 14.7 Å². The predicted octanol–water partition coefficient (Wildman–Crippen LogP) is 1.97. The Morgan fingerprint density at radius 2 is 1.92 bits per heavy atom. The van der Waals surface area contributed by atoms with E-state index in [1.54, 1.807) is 30.3 Å². The molecular weight excluding hydrogens is 484 g/mol. The Bertz CT molecular complexity index is 1230. The van der Waals surface area contributed by atoms with Gasteiger partial charge in [-0.1, -0.05) is 12.1 Å². The molecule has 6 rings (SSSR count). The van der Waals surface area contributed by atoms with E-state index in [4.69, 9.17) is 9.47 Å². The maximum absolute atomic E-state index is 14.0. The van der Waals surface area contributed by atoms with E-state index < -0.39 is 12.7 Å². The first kappa shape index (κ1) is 24.4. The number of para-hydroxylation sites is 2. The standard InChI is InChI=1S/C25H31F2N7O3/c26-23(27)24-29-18-3-1-2-4-19(18)34(24)20-11-22(31-25(30-20)33-7-9-36-10-8-33)37-15-16-12-32(13-16)14-17-5-6-21(35)28-17/h1-4,11,16-17,21,23,28,35H,5-10,12-15H2. The molecule has 0 spiro atoms. The molecule has 2 unspecified atom stereocenters. The number of ether oxygens (including phenoxy) is 2. The number of benzene rings is 1. The quantitative estimate of drug-likeness (QED) is 0.466. The van der Waals surface area contributed by atoms with Gasteiger partial charge in [-0.15, -0.1) is 0 Å². The molecule has 2 atom stereocenters. The van der Waals surface area contributed by atoms with Crippen LogP contribution in [-0.2, 0) is 4.74 Å². The van der Waals surface area contributed by atoms with Gasteiger partial charge in [-0.05, 0) is 25.0 Å². The lowest BCUT2D eigenvalue weighted by molar-refractivity contribution is 0.0510. The van der Waals surface area contributed by atoms with Crippen molar-refractivity contribution in [2.75, 3.05) is 57.4 Å². The van der Waals surface area contributed by atoms with E-state index in [1.807, 2.05) is 4.90 Å². The average Bonchev–Trinajstić information content (AvgIpc) is 3.49. The second kappa shape index (κ2) is 10.4. The van der Waals surface area contributed by atoms with Crippen molar-refractivity contribution in [3.05, 3.63) is 36.2 Å². The fourth-order valence-electron chi connectivity index (χ4n) is 5.31. The predicted molar refractivity (Wildman–Crippen MR) is 132 cm³/mol. The van der Waals surface area contributed by atoms with Gasteiger partial charge in [0.1, 0.15) is 12.0 Å². The Labute approximate surface area is 213 Å². The largest absolute Gasteiger partial charge is 0.477 e. The fourth-order valence-corrected chi connectivity index (χ4v) is 5.31. The number of halogens is 2. The van der Waals surface area contributed by atoms with Crippen molar-refractivity contribution < 1.29 is 23.4 Å². The van der Waals surface area contributed by atoms with E-state index in [1.165, 1.54) is 4.57 Å². The van der Waals surface area contributed by atoms with Gasteiger partial charge in [0.05, 0.1) is 30.9 Å². The van der Waals surface area contributed by atoms with Crippen LogP contribution in [0.15, 0.2) is 30.3 Å². The smallest absolute Gasteiger partial charge is 0.296 e. The lowest BCUT2D eigenvalue weighted by atomic mass is 10.0. The second-order valence-electron chi connectivity index (χ2n) is 9.91. The summed E-state index contributed by atoms with van der Waals surface area (Å²) in [5, 5.41) is 12.9. The Balaban J connectivity index is 1.22. The molecule has 3 aliphatic rings. The molecule has 2 aromatic heterocycles. The molecule has 3 saturated heterocycles. The van der Waals surface area contributed by atoms with Crippen LogP contribution >= 0.6 is 0 Å². The van der Waals surface area contributed by atoms with Gasteiger partial charge in [-0.3, -0.25) is 9.88 Å². The summed E-state index contributed by atoms with van der Waals surface area (Å²) < 4.78 is 41.0. The van der Waals surface area contributed by atoms with Crippen LogP contribution in [0.2, 0.25) is 0 Å². The van der Waals surface area contributed by atoms with Gasteiger partial charge in [0.2, 0.25) is 11.8 Å². The van der Waals surface area contributed by atoms with Crippen LogP contribution < -0.4 is 15.0 Å². The first-order valence-electron chi connectivity index (χ1n) is 12.8. The van der Waals surface area contributed by atoms with Crippen LogP contribution in [0.5, 0.6) is 5.88 Å². The molecule has 0 radical (unpaired) electrons. The van der Waals surface area contributed by atoms with Crippen molar-refractivity contribution in [2.24, 2.45) is 5.92 Å². The summed E-state index contributed by atoms with van der Waals surface area (Å²) in [5.41, 5.74) is 1.03. The first-order valence-corrected chi connectivity index (χ1v) is 12.8. The van der Waals surface area contributed by atoms with E-state index in [-0.39, 0.29) is 5.82 Å². The molecule has 5 heterocycles. The molecule has 0 aliphatic carbocycles. The molecule has 10 nitrogen and oxygen atoms in total. The Morgan fingerprint density at radius 3 is 2.68 bits per heavy atom. The molecule has 0 bridgehead atoms. The number of rotatable bonds is 8. The summed E-state index contributed by atoms with van der Waals surface area (Å²) in [6, 6.07) is 8.97. The van der Waals surface area contributed by atoms with E-state index in [9.17, 15) is 13.9 Å². The number of fused-ring (bicyclic) bond motifs is 1. The third-order valence-corrected chi connectivity index (χ3v) is 7.18. The zero-order chi connectivity index (χ0) is 25.4. The highest BCUT2D eigenvalue weighted by molar-refractivity contribution is 5.78. The number of hydrogen-bond acceptors (Lipinski definition) is 9. The van der Waals surface area contributed by atoms with Gasteiger partial charge in [0.25, 0.3) is 6.43 Å². The van der Waals surface area contributed by atoms with E-state index in [2.05, 4.69) is 25.2 Å². The molecule has 3 fully saturated rings. The number of nitrogens with zero attached hydrogens (tertiary/aromatic N) is 6. The monoisotopic (exact) mass is 515 g/mol. The molecule has 0 saturated carbocycles. The van der Waals surface area contributed by atoms with Crippen molar-refractivity contribution in [2.45, 2.75) is 31.5 Å². The number of aliphatic hydroxyl groups is 1. The topological polar surface area (TPSA) is 101 Å². The molecule has 37 heavy (non-hydrogen) atoms. The summed E-state index contributed by atoms with van der Waals surface area (Å²) >= 11 is 0. The number of nitrogens with one attached hydrogen (secondary N) is 1. The molecular formula is C25H31F2N7O3. The minimum atomic E-state index is -2.77. The lowest BCUT2D eigenvalue weighted by Crippen LogP contribution is -2.53. The zero-order valence-corrected chi connectivity index (χ0v) is 20.5. The van der Waals surface area contributed by atoms with Crippen molar-refractivity contribution in [3.63, 3.8) is 0 Å². The highest BCUT2D eigenvalue weighted by Crippen LogP contribution is 2.30. The summed E-state index contributed by atoms with van der Waals surface area (Å²) in [7, 11) is 0. The molecule has 198 valence electrons. The Hall–Kier alpha value is -2.93. The zero-order valence-electron chi connectivity index (χ0n) is 20.5. The van der Waals surface area contributed by atoms with Gasteiger partial charge in [-0.2, -0.15) is 9.97 Å². The maximum atomic E-state index is 14.0. The van der Waals surface area contributed by atoms with Crippen LogP contribution in [0.25, 0.3) is 16.9 Å². The van der Waals surface area contributed by atoms with E-state index in [0.29, 0.717) is 73.5 Å². The SMILES string of the molecule is OC1CCC(CN2CC(COc3cc(-n4c(C(F)F)nc5ccccc54)nc(N4CCOCC4)n3)C2)N1. The van der Waals surface area contributed by atoms with Crippen molar-refractivity contribution >= 4 is 17.0 Å². The van der Waals surface area contributed by atoms with Gasteiger partial charge in [-0.25, -0.2) is 13.8 Å². The van der Waals surface area contributed by atoms with Crippen molar-refractivity contribution in [3.8, 4) is 11.7 Å². The molecule has 3 aromatic rings. The molecule has 3 aliphatic heterocycles. The minimum absolute atomic E-state index is 0.302. The Morgan fingerprint density at radius 1 is 1.11 bits per heavy atom. The Kier molecular flexibility index (Phi) is 6.89. The average molecular weight is 516 g/mol. The summed E-state index contributed by atoms with van der Waals surface area (Å²) in [6.45, 7) is 5.51. The van der Waals surface area contributed by atoms with Crippen molar-refractivity contribution in [1.29, 1.82) is 0 Å². The van der Waals surface area contributed by atoms with E-state index >= 15 is 0 Å². The summed E-state index contributed by atoms with van der Waals surface area (Å²) in [4.78, 5) is 17.8. The van der Waals surface area contributed by atoms with Crippen molar-refractivity contribution in [1.82, 2.24) is 29.7 Å². The van der Waals surface area contributed by atoms with Gasteiger partial charge < -0.3 is 24.4 Å². The van der Waals surface area contributed by atoms with Gasteiger partial charge in [0, 0.05) is 50.7 Å². The lowest BCUT2D eigenvalue weighted by Gasteiger charge is -2.40. The van der Waals surface area contributed by atoms with Gasteiger partial charge in [0.15, 0.2) is 5.82 Å². The summed E-state index contributed by atoms with van der Waals surface area (Å²) in [5.74, 6) is 1.07. The number of anilines is 1. The highest BCUT2D eigenvalue weighted by atomic mass is 19.3. The molecule has 1 aromatic carbocycles. The first-order chi connectivity index (χ1) is 18.0. The third-order valence-electron chi connectivity index (χ3n) is 7.18. The third kappa shape index (κ3) is 5.24. The second-order valence-corrected chi connectivity index (χ2v) is 9.91. The minimum Gasteiger partial charge on any atom is -0.477 e. The number of hydrogen-bond donors (Lipinski definition) is 2. The van der Waals surface area contributed by atoms with Crippen LogP contribution in [0.3, 0.4) is 0 Å². The van der Waals surface area contributed by atoms with E-state index in [0.717, 1.165) is 32.5 Å². The number of alkyl halides is 2. The number of aliphatic hydroxyl groups excluding tert-OH is 1. The molecule has 2 N–H and O–H groups in total. The summed E-state index contributed by atoms with van der Waals surface area (Å²) in [6.07, 6.45) is -1.38. The normalized spacial score (nSPS) is 23.2. The number of likely N-dealkylation sites (tertiary alicyclic amines) is 1. The highest BCUT2D eigenvalue weighted by Gasteiger charge is 2.32. The molecule has 0 amide bonds. The van der Waals surface area contributed by atoms with Gasteiger partial charge >= 0.3 is 0 Å².